The second kappa shape index (κ2) is 2.73. The summed E-state index contributed by atoms with van der Waals surface area (Å²) in [7, 11) is 0.952. The summed E-state index contributed by atoms with van der Waals surface area (Å²) in [6.07, 6.45) is 4.22. The fraction of sp³-hybridized carbons (Fsp3) is 0.800. The summed E-state index contributed by atoms with van der Waals surface area (Å²) >= 11 is 0. The van der Waals surface area contributed by atoms with Crippen LogP contribution in [0.3, 0.4) is 0 Å². The third-order valence-corrected chi connectivity index (χ3v) is 3.62. The molecule has 2 rings (SSSR count). The largest absolute Gasteiger partial charge is 0.369 e. The van der Waals surface area contributed by atoms with Crippen LogP contribution < -0.4 is 5.09 Å². The summed E-state index contributed by atoms with van der Waals surface area (Å²) in [5.74, 6) is 0.960. The van der Waals surface area contributed by atoms with Gasteiger partial charge in [-0.15, -0.1) is 0 Å². The van der Waals surface area contributed by atoms with Crippen LogP contribution in [0.1, 0.15) is 33.6 Å². The van der Waals surface area contributed by atoms with Crippen molar-refractivity contribution >= 4 is 8.73 Å². The minimum absolute atomic E-state index is 0.349. The van der Waals surface area contributed by atoms with E-state index >= 15 is 0 Å². The van der Waals surface area contributed by atoms with E-state index in [1.807, 2.05) is 0 Å². The van der Waals surface area contributed by atoms with Gasteiger partial charge in [-0.2, -0.15) is 0 Å². The molecule has 1 aliphatic heterocycles. The molecule has 1 aliphatic carbocycles. The Morgan fingerprint density at radius 1 is 1.33 bits per heavy atom. The smallest absolute Gasteiger partial charge is 0.0191 e. The molecular formula is C10H18NP. The van der Waals surface area contributed by atoms with E-state index < -0.39 is 0 Å². The number of hydrogen-bond acceptors (Lipinski definition) is 1. The molecule has 0 aromatic heterocycles. The predicted molar refractivity (Wildman–Crippen MR) is 55.5 cm³/mol. The monoisotopic (exact) mass is 183 g/mol. The van der Waals surface area contributed by atoms with E-state index in [0.717, 1.165) is 14.6 Å². The molecule has 0 aromatic carbocycles. The van der Waals surface area contributed by atoms with Gasteiger partial charge in [0.15, 0.2) is 0 Å². The normalized spacial score (nSPS) is 26.6. The van der Waals surface area contributed by atoms with Gasteiger partial charge in [-0.3, -0.25) is 0 Å². The van der Waals surface area contributed by atoms with E-state index in [9.17, 15) is 0 Å². The summed E-state index contributed by atoms with van der Waals surface area (Å²) in [6.45, 7) is 6.94. The van der Waals surface area contributed by atoms with Crippen molar-refractivity contribution in [2.24, 2.45) is 11.3 Å². The maximum Gasteiger partial charge on any atom is 0.0191 e. The molecule has 1 heterocycles. The highest BCUT2D eigenvalue weighted by Crippen LogP contribution is 2.46. The molecule has 68 valence electrons. The molecule has 0 spiro atoms. The Bertz CT molecular complexity index is 220. The molecule has 1 atom stereocenters. The van der Waals surface area contributed by atoms with Gasteiger partial charge in [0, 0.05) is 17.3 Å². The van der Waals surface area contributed by atoms with Crippen molar-refractivity contribution in [3.63, 3.8) is 0 Å². The lowest BCUT2D eigenvalue weighted by atomic mass is 9.88. The molecule has 1 fully saturated rings. The van der Waals surface area contributed by atoms with Crippen molar-refractivity contribution in [1.82, 2.24) is 5.09 Å². The highest BCUT2D eigenvalue weighted by Gasteiger charge is 2.34. The Balaban J connectivity index is 2.24. The van der Waals surface area contributed by atoms with E-state index in [0.29, 0.717) is 5.41 Å². The van der Waals surface area contributed by atoms with Crippen molar-refractivity contribution < 1.29 is 0 Å². The molecule has 1 unspecified atom stereocenters. The van der Waals surface area contributed by atoms with Crippen molar-refractivity contribution in [3.05, 3.63) is 11.3 Å². The van der Waals surface area contributed by atoms with Crippen molar-refractivity contribution in [2.75, 3.05) is 6.16 Å². The highest BCUT2D eigenvalue weighted by atomic mass is 31.1. The van der Waals surface area contributed by atoms with Crippen LogP contribution in [0, 0.1) is 11.3 Å². The summed E-state index contributed by atoms with van der Waals surface area (Å²) in [6, 6.07) is 0. The van der Waals surface area contributed by atoms with Crippen molar-refractivity contribution in [1.29, 1.82) is 0 Å². The third kappa shape index (κ3) is 1.52. The van der Waals surface area contributed by atoms with E-state index in [4.69, 9.17) is 0 Å². The Morgan fingerprint density at radius 2 is 2.00 bits per heavy atom. The summed E-state index contributed by atoms with van der Waals surface area (Å²) in [5.41, 5.74) is 3.66. The van der Waals surface area contributed by atoms with Gasteiger partial charge in [-0.1, -0.05) is 20.8 Å². The number of nitrogens with one attached hydrogen (secondary N) is 1. The van der Waals surface area contributed by atoms with Crippen LogP contribution in [-0.2, 0) is 0 Å². The molecule has 0 saturated heterocycles. The van der Waals surface area contributed by atoms with Gasteiger partial charge in [-0.05, 0) is 33.1 Å². The van der Waals surface area contributed by atoms with E-state index in [1.165, 1.54) is 19.0 Å². The zero-order chi connectivity index (χ0) is 8.77. The average molecular weight is 183 g/mol. The van der Waals surface area contributed by atoms with Crippen molar-refractivity contribution in [2.45, 2.75) is 33.6 Å². The van der Waals surface area contributed by atoms with Gasteiger partial charge in [0.2, 0.25) is 0 Å². The lowest BCUT2D eigenvalue weighted by Crippen LogP contribution is -2.17. The first-order valence-electron chi connectivity index (χ1n) is 4.81. The predicted octanol–water partition coefficient (Wildman–Crippen LogP) is 2.89. The maximum atomic E-state index is 3.58. The Labute approximate surface area is 76.8 Å². The molecule has 2 heteroatoms. The summed E-state index contributed by atoms with van der Waals surface area (Å²) in [4.78, 5) is 0. The zero-order valence-electron chi connectivity index (χ0n) is 8.20. The first-order valence-corrected chi connectivity index (χ1v) is 6.02. The average Bonchev–Trinajstić information content (AvgIpc) is 2.65. The van der Waals surface area contributed by atoms with Crippen LogP contribution in [0.15, 0.2) is 11.3 Å². The lowest BCUT2D eigenvalue weighted by Gasteiger charge is -2.22. The topological polar surface area (TPSA) is 12.0 Å². The Kier molecular flexibility index (Phi) is 1.95. The number of rotatable bonds is 1. The third-order valence-electron chi connectivity index (χ3n) is 2.63. The summed E-state index contributed by atoms with van der Waals surface area (Å²) < 4.78 is 0. The van der Waals surface area contributed by atoms with Crippen LogP contribution >= 0.6 is 8.73 Å². The molecule has 1 N–H and O–H groups in total. The molecule has 1 saturated carbocycles. The molecule has 1 nitrogen and oxygen atoms in total. The van der Waals surface area contributed by atoms with Gasteiger partial charge in [0.05, 0.1) is 0 Å². The molecule has 12 heavy (non-hydrogen) atoms. The molecule has 0 bridgehead atoms. The molecule has 0 amide bonds. The van der Waals surface area contributed by atoms with Crippen LogP contribution in [0.2, 0.25) is 0 Å². The quantitative estimate of drug-likeness (QED) is 0.616. The van der Waals surface area contributed by atoms with Gasteiger partial charge in [-0.25, -0.2) is 0 Å². The molecular weight excluding hydrogens is 165 g/mol. The SMILES string of the molecule is CC(C)(C)C1=C(C2CC2)CPN1. The van der Waals surface area contributed by atoms with E-state index in [2.05, 4.69) is 25.9 Å². The molecule has 0 radical (unpaired) electrons. The van der Waals surface area contributed by atoms with Gasteiger partial charge in [0.1, 0.15) is 0 Å². The standard InChI is InChI=1S/C10H18NP/c1-10(2,3)9-8(6-12-11-9)7-4-5-7/h7,11-12H,4-6H2,1-3H3. The number of allylic oxidation sites excluding steroid dienone is 2. The molecule has 0 aromatic rings. The van der Waals surface area contributed by atoms with Gasteiger partial charge < -0.3 is 5.09 Å². The zero-order valence-corrected chi connectivity index (χ0v) is 9.20. The first-order chi connectivity index (χ1) is 5.59. The maximum absolute atomic E-state index is 3.58. The van der Waals surface area contributed by atoms with Crippen LogP contribution in [-0.4, -0.2) is 6.16 Å². The summed E-state index contributed by atoms with van der Waals surface area (Å²) in [5, 5.41) is 3.58. The highest BCUT2D eigenvalue weighted by molar-refractivity contribution is 7.36. The fourth-order valence-corrected chi connectivity index (χ4v) is 3.30. The van der Waals surface area contributed by atoms with Gasteiger partial charge >= 0.3 is 0 Å². The van der Waals surface area contributed by atoms with Crippen molar-refractivity contribution in [3.8, 4) is 0 Å². The van der Waals surface area contributed by atoms with Crippen LogP contribution in [0.5, 0.6) is 0 Å². The number of hydrogen-bond donors (Lipinski definition) is 1. The second-order valence-corrected chi connectivity index (χ2v) is 5.86. The van der Waals surface area contributed by atoms with Crippen LogP contribution in [0.4, 0.5) is 0 Å². The van der Waals surface area contributed by atoms with E-state index in [-0.39, 0.29) is 0 Å². The minimum Gasteiger partial charge on any atom is -0.369 e. The lowest BCUT2D eigenvalue weighted by molar-refractivity contribution is 0.482. The fourth-order valence-electron chi connectivity index (χ4n) is 1.85. The Morgan fingerprint density at radius 3 is 2.50 bits per heavy atom. The van der Waals surface area contributed by atoms with Crippen LogP contribution in [0.25, 0.3) is 0 Å². The van der Waals surface area contributed by atoms with E-state index in [1.54, 1.807) is 11.3 Å². The minimum atomic E-state index is 0.349. The first kappa shape index (κ1) is 8.56. The van der Waals surface area contributed by atoms with Gasteiger partial charge in [0.25, 0.3) is 0 Å². The molecule has 2 aliphatic rings. The second-order valence-electron chi connectivity index (χ2n) is 4.90. The Hall–Kier alpha value is -0.0300.